The van der Waals surface area contributed by atoms with E-state index in [1.807, 2.05) is 54.6 Å². The van der Waals surface area contributed by atoms with Crippen molar-refractivity contribution in [3.63, 3.8) is 0 Å². The zero-order valence-corrected chi connectivity index (χ0v) is 19.4. The third kappa shape index (κ3) is 5.10. The highest BCUT2D eigenvalue weighted by Gasteiger charge is 2.09. The van der Waals surface area contributed by atoms with Crippen LogP contribution in [0.25, 0.3) is 27.9 Å². The number of aromatic amines is 1. The van der Waals surface area contributed by atoms with Crippen molar-refractivity contribution in [2.75, 3.05) is 11.1 Å². The Morgan fingerprint density at radius 2 is 1.71 bits per heavy atom. The number of imidazole rings is 1. The number of phenols is 1. The molecule has 0 saturated carbocycles. The van der Waals surface area contributed by atoms with Gasteiger partial charge >= 0.3 is 0 Å². The number of aromatic hydroxyl groups is 1. The molecule has 0 radical (unpaired) electrons. The number of para-hydroxylation sites is 2. The predicted molar refractivity (Wildman–Crippen MR) is 141 cm³/mol. The molecule has 1 heterocycles. The molecule has 0 unspecified atom stereocenters. The van der Waals surface area contributed by atoms with Gasteiger partial charge in [0, 0.05) is 16.8 Å². The van der Waals surface area contributed by atoms with Crippen LogP contribution in [0.4, 0.5) is 5.69 Å². The van der Waals surface area contributed by atoms with Gasteiger partial charge in [-0.2, -0.15) is 0 Å². The van der Waals surface area contributed by atoms with Crippen molar-refractivity contribution in [1.29, 1.82) is 0 Å². The van der Waals surface area contributed by atoms with Crippen LogP contribution in [-0.4, -0.2) is 32.5 Å². The number of anilines is 1. The van der Waals surface area contributed by atoms with Gasteiger partial charge in [0.1, 0.15) is 5.75 Å². The molecule has 6 nitrogen and oxygen atoms in total. The van der Waals surface area contributed by atoms with Gasteiger partial charge in [-0.05, 0) is 65.4 Å². The first kappa shape index (κ1) is 22.4. The summed E-state index contributed by atoms with van der Waals surface area (Å²) >= 11 is 1.33. The van der Waals surface area contributed by atoms with Crippen molar-refractivity contribution in [3.05, 3.63) is 102 Å². The van der Waals surface area contributed by atoms with Crippen molar-refractivity contribution in [1.82, 2.24) is 9.97 Å². The molecule has 0 spiro atoms. The summed E-state index contributed by atoms with van der Waals surface area (Å²) in [6, 6.07) is 25.6. The van der Waals surface area contributed by atoms with E-state index in [1.165, 1.54) is 17.8 Å². The summed E-state index contributed by atoms with van der Waals surface area (Å²) in [5.74, 6) is -0.0413. The van der Waals surface area contributed by atoms with Crippen LogP contribution < -0.4 is 5.32 Å². The molecule has 0 bridgehead atoms. The van der Waals surface area contributed by atoms with Gasteiger partial charge in [0.25, 0.3) is 0 Å². The fourth-order valence-electron chi connectivity index (χ4n) is 3.76. The van der Waals surface area contributed by atoms with E-state index in [4.69, 9.17) is 0 Å². The van der Waals surface area contributed by atoms with Crippen LogP contribution in [-0.2, 0) is 4.79 Å². The first-order chi connectivity index (χ1) is 17.1. The summed E-state index contributed by atoms with van der Waals surface area (Å²) < 4.78 is 0. The molecule has 0 fully saturated rings. The Balaban J connectivity index is 1.20. The van der Waals surface area contributed by atoms with E-state index in [-0.39, 0.29) is 23.2 Å². The van der Waals surface area contributed by atoms with Gasteiger partial charge in [-0.1, -0.05) is 54.2 Å². The number of nitrogens with zero attached hydrogens (tertiary/aromatic N) is 1. The number of carbonyl (C=O) groups is 2. The predicted octanol–water partition coefficient (Wildman–Crippen LogP) is 6.05. The fourth-order valence-corrected chi connectivity index (χ4v) is 4.45. The number of hydrogen-bond acceptors (Lipinski definition) is 5. The van der Waals surface area contributed by atoms with Gasteiger partial charge in [-0.15, -0.1) is 0 Å². The number of aromatic nitrogens is 2. The number of rotatable bonds is 7. The summed E-state index contributed by atoms with van der Waals surface area (Å²) in [5, 5.41) is 15.6. The molecule has 5 aromatic rings. The van der Waals surface area contributed by atoms with Gasteiger partial charge in [-0.3, -0.25) is 9.59 Å². The third-order valence-corrected chi connectivity index (χ3v) is 6.38. The number of nitrogens with one attached hydrogen (secondary N) is 2. The summed E-state index contributed by atoms with van der Waals surface area (Å²) in [5.41, 5.74) is 3.48. The van der Waals surface area contributed by atoms with Crippen molar-refractivity contribution in [2.24, 2.45) is 0 Å². The summed E-state index contributed by atoms with van der Waals surface area (Å²) in [6.45, 7) is 0. The quantitative estimate of drug-likeness (QED) is 0.150. The lowest BCUT2D eigenvalue weighted by molar-refractivity contribution is -0.113. The Hall–Kier alpha value is -4.36. The highest BCUT2D eigenvalue weighted by Crippen LogP contribution is 2.28. The second-order valence-corrected chi connectivity index (χ2v) is 8.85. The number of benzene rings is 4. The maximum Gasteiger partial charge on any atom is 0.234 e. The number of hydrogen-bond donors (Lipinski definition) is 3. The lowest BCUT2D eigenvalue weighted by Crippen LogP contribution is -2.14. The Labute approximate surface area is 205 Å². The number of ketones is 1. The lowest BCUT2D eigenvalue weighted by atomic mass is 10.0. The maximum absolute atomic E-state index is 12.7. The van der Waals surface area contributed by atoms with Crippen LogP contribution in [0.15, 0.2) is 96.2 Å². The molecule has 0 saturated heterocycles. The Bertz CT molecular complexity index is 1540. The van der Waals surface area contributed by atoms with E-state index >= 15 is 0 Å². The van der Waals surface area contributed by atoms with Gasteiger partial charge in [0.15, 0.2) is 10.9 Å². The lowest BCUT2D eigenvalue weighted by Gasteiger charge is -2.06. The number of carbonyl (C=O) groups excluding carboxylic acids is 2. The van der Waals surface area contributed by atoms with Crippen LogP contribution in [0.2, 0.25) is 0 Å². The number of thioether (sulfide) groups is 1. The van der Waals surface area contributed by atoms with E-state index < -0.39 is 0 Å². The largest absolute Gasteiger partial charge is 0.507 e. The highest BCUT2D eigenvalue weighted by molar-refractivity contribution is 7.99. The molecule has 0 aliphatic carbocycles. The molecule has 7 heteroatoms. The summed E-state index contributed by atoms with van der Waals surface area (Å²) in [6.07, 6.45) is 3.07. The van der Waals surface area contributed by atoms with Crippen LogP contribution in [0, 0.1) is 0 Å². The average molecular weight is 480 g/mol. The maximum atomic E-state index is 12.7. The van der Waals surface area contributed by atoms with Crippen LogP contribution in [0.3, 0.4) is 0 Å². The zero-order valence-electron chi connectivity index (χ0n) is 18.6. The van der Waals surface area contributed by atoms with Crippen molar-refractivity contribution in [2.45, 2.75) is 5.16 Å². The number of H-pyrrole nitrogens is 1. The fraction of sp³-hybridized carbons (Fsp3) is 0.0357. The molecule has 1 amide bonds. The number of allylic oxidation sites excluding steroid dienone is 1. The van der Waals surface area contributed by atoms with Crippen LogP contribution in [0.1, 0.15) is 15.9 Å². The molecule has 4 aromatic carbocycles. The molecule has 0 aliphatic heterocycles. The van der Waals surface area contributed by atoms with E-state index in [9.17, 15) is 14.7 Å². The topological polar surface area (TPSA) is 95.1 Å². The van der Waals surface area contributed by atoms with Gasteiger partial charge < -0.3 is 15.4 Å². The minimum atomic E-state index is -0.198. The summed E-state index contributed by atoms with van der Waals surface area (Å²) in [4.78, 5) is 32.6. The molecule has 3 N–H and O–H groups in total. The highest BCUT2D eigenvalue weighted by atomic mass is 32.2. The van der Waals surface area contributed by atoms with E-state index in [0.29, 0.717) is 22.0 Å². The number of phenolic OH excluding ortho intramolecular Hbond substituents is 1. The van der Waals surface area contributed by atoms with Gasteiger partial charge in [-0.25, -0.2) is 4.98 Å². The third-order valence-electron chi connectivity index (χ3n) is 5.51. The molecule has 0 aliphatic rings. The smallest absolute Gasteiger partial charge is 0.234 e. The van der Waals surface area contributed by atoms with Crippen LogP contribution in [0.5, 0.6) is 5.75 Å². The van der Waals surface area contributed by atoms with E-state index in [0.717, 1.165) is 21.8 Å². The average Bonchev–Trinajstić information content (AvgIpc) is 3.30. The Morgan fingerprint density at radius 1 is 0.943 bits per heavy atom. The van der Waals surface area contributed by atoms with Crippen LogP contribution >= 0.6 is 11.8 Å². The molecule has 172 valence electrons. The first-order valence-electron chi connectivity index (χ1n) is 11.0. The Morgan fingerprint density at radius 3 is 2.54 bits per heavy atom. The number of fused-ring (bicyclic) bond motifs is 2. The molecular weight excluding hydrogens is 458 g/mol. The van der Waals surface area contributed by atoms with Crippen molar-refractivity contribution < 1.29 is 14.7 Å². The molecular formula is C28H21N3O3S. The zero-order chi connectivity index (χ0) is 24.2. The van der Waals surface area contributed by atoms with Crippen molar-refractivity contribution >= 4 is 57.0 Å². The minimum Gasteiger partial charge on any atom is -0.507 e. The van der Waals surface area contributed by atoms with Gasteiger partial charge in [0.2, 0.25) is 5.91 Å². The number of amides is 1. The molecule has 5 rings (SSSR count). The van der Waals surface area contributed by atoms with E-state index in [1.54, 1.807) is 36.4 Å². The minimum absolute atomic E-state index is 0.117. The standard InChI is InChI=1S/C28H21N3O3S/c32-25(16-14-22-21-6-2-1-5-18(21)11-15-26(22)33)19-9-12-20(13-10-19)29-27(34)17-35-28-30-23-7-3-4-8-24(23)31-28/h1-16,33H,17H2,(H,29,34)(H,30,31)/b16-14+. The second-order valence-electron chi connectivity index (χ2n) is 7.89. The molecule has 0 atom stereocenters. The molecule has 1 aromatic heterocycles. The van der Waals surface area contributed by atoms with Crippen molar-refractivity contribution in [3.8, 4) is 5.75 Å². The van der Waals surface area contributed by atoms with Gasteiger partial charge in [0.05, 0.1) is 16.8 Å². The SMILES string of the molecule is O=C(CSc1nc2ccccc2[nH]1)Nc1ccc(C(=O)/C=C/c2c(O)ccc3ccccc23)cc1. The Kier molecular flexibility index (Phi) is 6.32. The second kappa shape index (κ2) is 9.87. The summed E-state index contributed by atoms with van der Waals surface area (Å²) in [7, 11) is 0. The molecule has 35 heavy (non-hydrogen) atoms. The van der Waals surface area contributed by atoms with E-state index in [2.05, 4.69) is 15.3 Å². The normalized spacial score (nSPS) is 11.3. The monoisotopic (exact) mass is 479 g/mol. The first-order valence-corrected chi connectivity index (χ1v) is 12.0.